The molecule has 2 N–H and O–H groups in total. The van der Waals surface area contributed by atoms with Crippen LogP contribution in [0.15, 0.2) is 41.3 Å². The number of anilines is 1. The normalized spacial score (nSPS) is 23.3. The van der Waals surface area contributed by atoms with Gasteiger partial charge in [0.2, 0.25) is 0 Å². The number of H-pyrrole nitrogens is 1. The third kappa shape index (κ3) is 3.14. The number of aromatic amines is 1. The lowest BCUT2D eigenvalue weighted by atomic mass is 9.82. The Kier molecular flexibility index (Phi) is 4.20. The summed E-state index contributed by atoms with van der Waals surface area (Å²) in [7, 11) is 0. The third-order valence-electron chi connectivity index (χ3n) is 6.09. The van der Waals surface area contributed by atoms with E-state index in [1.54, 1.807) is 6.07 Å². The summed E-state index contributed by atoms with van der Waals surface area (Å²) in [4.78, 5) is 23.1. The average Bonchev–Trinajstić information content (AvgIpc) is 3.37. The van der Waals surface area contributed by atoms with Gasteiger partial charge >= 0.3 is 0 Å². The van der Waals surface area contributed by atoms with Crippen molar-refractivity contribution in [2.24, 2.45) is 0 Å². The number of carbonyl (C=O) groups is 1. The zero-order chi connectivity index (χ0) is 18.2. The molecule has 2 unspecified atom stereocenters. The molecule has 3 aromatic rings. The molecule has 2 aliphatic rings. The summed E-state index contributed by atoms with van der Waals surface area (Å²) in [6, 6.07) is 6.19. The predicted octanol–water partition coefficient (Wildman–Crippen LogP) is 4.14. The van der Waals surface area contributed by atoms with Crippen molar-refractivity contribution in [3.8, 4) is 0 Å². The highest BCUT2D eigenvalue weighted by Gasteiger charge is 2.32. The van der Waals surface area contributed by atoms with E-state index in [1.165, 1.54) is 63.3 Å². The van der Waals surface area contributed by atoms with E-state index in [1.807, 2.05) is 12.1 Å². The van der Waals surface area contributed by atoms with Crippen LogP contribution >= 0.6 is 0 Å². The molecule has 3 aromatic heterocycles. The van der Waals surface area contributed by atoms with Crippen molar-refractivity contribution in [2.75, 3.05) is 18.4 Å². The first-order chi connectivity index (χ1) is 13.3. The Morgan fingerprint density at radius 2 is 2.19 bits per heavy atom. The number of amides is 1. The Balaban J connectivity index is 1.39. The van der Waals surface area contributed by atoms with Gasteiger partial charge in [-0.15, -0.1) is 0 Å². The van der Waals surface area contributed by atoms with E-state index < -0.39 is 0 Å². The lowest BCUT2D eigenvalue weighted by Crippen LogP contribution is -2.44. The number of fused-ring (bicyclic) bond motifs is 2. The van der Waals surface area contributed by atoms with E-state index in [-0.39, 0.29) is 5.91 Å². The summed E-state index contributed by atoms with van der Waals surface area (Å²) in [6.07, 6.45) is 11.4. The molecule has 0 aliphatic carbocycles. The lowest BCUT2D eigenvalue weighted by molar-refractivity contribution is 0.0977. The van der Waals surface area contributed by atoms with Gasteiger partial charge in [-0.2, -0.15) is 0 Å². The summed E-state index contributed by atoms with van der Waals surface area (Å²) >= 11 is 0. The Morgan fingerprint density at radius 3 is 3.07 bits per heavy atom. The highest BCUT2D eigenvalue weighted by molar-refractivity contribution is 6.03. The van der Waals surface area contributed by atoms with Crippen LogP contribution in [0.2, 0.25) is 0 Å². The Morgan fingerprint density at radius 1 is 1.22 bits per heavy atom. The molecular weight excluding hydrogens is 340 g/mol. The van der Waals surface area contributed by atoms with Crippen molar-refractivity contribution >= 4 is 22.8 Å². The average molecular weight is 364 g/mol. The molecule has 2 saturated heterocycles. The minimum atomic E-state index is -0.205. The molecule has 0 aromatic carbocycles. The molecule has 27 heavy (non-hydrogen) atoms. The van der Waals surface area contributed by atoms with Crippen molar-refractivity contribution in [1.29, 1.82) is 0 Å². The van der Waals surface area contributed by atoms with E-state index in [0.717, 1.165) is 11.0 Å². The minimum Gasteiger partial charge on any atom is -0.472 e. The monoisotopic (exact) mass is 364 g/mol. The van der Waals surface area contributed by atoms with Crippen LogP contribution in [0, 0.1) is 0 Å². The van der Waals surface area contributed by atoms with Crippen LogP contribution in [0.5, 0.6) is 0 Å². The molecule has 6 heteroatoms. The van der Waals surface area contributed by atoms with Gasteiger partial charge in [0.15, 0.2) is 0 Å². The van der Waals surface area contributed by atoms with Gasteiger partial charge in [-0.05, 0) is 68.5 Å². The highest BCUT2D eigenvalue weighted by Crippen LogP contribution is 2.38. The fourth-order valence-electron chi connectivity index (χ4n) is 4.65. The quantitative estimate of drug-likeness (QED) is 0.732. The van der Waals surface area contributed by atoms with E-state index in [9.17, 15) is 4.79 Å². The number of hydrogen-bond acceptors (Lipinski definition) is 4. The van der Waals surface area contributed by atoms with Gasteiger partial charge in [-0.25, -0.2) is 4.98 Å². The molecule has 2 aliphatic heterocycles. The van der Waals surface area contributed by atoms with Gasteiger partial charge in [-0.3, -0.25) is 4.79 Å². The molecule has 0 radical (unpaired) electrons. The summed E-state index contributed by atoms with van der Waals surface area (Å²) in [5.74, 6) is 0.901. The Hall–Kier alpha value is -2.60. The summed E-state index contributed by atoms with van der Waals surface area (Å²) < 4.78 is 4.98. The van der Waals surface area contributed by atoms with E-state index in [4.69, 9.17) is 9.40 Å². The molecule has 2 atom stereocenters. The molecular formula is C21H24N4O2. The lowest BCUT2D eigenvalue weighted by Gasteiger charge is -2.42. The standard InChI is InChI=1S/C21H24N4O2/c26-21(15-7-10-27-13-15)24-19-5-4-18-20(23-19)17(12-22-18)14-6-9-25-8-2-1-3-16(25)11-14/h4-5,7,10,12-14,16,22H,1-3,6,8-9,11H2,(H,23,24,26). The number of hydrogen-bond donors (Lipinski definition) is 2. The van der Waals surface area contributed by atoms with Crippen LogP contribution in [0.4, 0.5) is 5.82 Å². The van der Waals surface area contributed by atoms with Crippen LogP contribution in [0.25, 0.3) is 11.0 Å². The fourth-order valence-corrected chi connectivity index (χ4v) is 4.65. The Bertz CT molecular complexity index is 946. The van der Waals surface area contributed by atoms with Gasteiger partial charge in [-0.1, -0.05) is 6.42 Å². The van der Waals surface area contributed by atoms with Crippen molar-refractivity contribution in [3.05, 3.63) is 48.0 Å². The van der Waals surface area contributed by atoms with Crippen molar-refractivity contribution in [1.82, 2.24) is 14.9 Å². The zero-order valence-electron chi connectivity index (χ0n) is 15.3. The fraction of sp³-hybridized carbons (Fsp3) is 0.429. The number of furan rings is 1. The molecule has 6 nitrogen and oxygen atoms in total. The van der Waals surface area contributed by atoms with Crippen LogP contribution in [0.3, 0.4) is 0 Å². The number of pyridine rings is 1. The van der Waals surface area contributed by atoms with Crippen LogP contribution < -0.4 is 5.32 Å². The minimum absolute atomic E-state index is 0.205. The summed E-state index contributed by atoms with van der Waals surface area (Å²) in [5.41, 5.74) is 3.79. The maximum Gasteiger partial charge on any atom is 0.260 e. The second-order valence-electron chi connectivity index (χ2n) is 7.71. The van der Waals surface area contributed by atoms with Gasteiger partial charge in [0.25, 0.3) is 5.91 Å². The van der Waals surface area contributed by atoms with Gasteiger partial charge < -0.3 is 19.6 Å². The third-order valence-corrected chi connectivity index (χ3v) is 6.09. The van der Waals surface area contributed by atoms with Crippen molar-refractivity contribution < 1.29 is 9.21 Å². The number of rotatable bonds is 3. The summed E-state index contributed by atoms with van der Waals surface area (Å²) in [6.45, 7) is 2.44. The first-order valence-corrected chi connectivity index (χ1v) is 9.83. The number of nitrogens with zero attached hydrogens (tertiary/aromatic N) is 2. The largest absolute Gasteiger partial charge is 0.472 e. The molecule has 0 spiro atoms. The number of carbonyl (C=O) groups excluding carboxylic acids is 1. The SMILES string of the molecule is O=C(Nc1ccc2[nH]cc(C3CCN4CCCCC4C3)c2n1)c1ccoc1. The molecule has 2 fully saturated rings. The molecule has 5 rings (SSSR count). The topological polar surface area (TPSA) is 74.2 Å². The van der Waals surface area contributed by atoms with Gasteiger partial charge in [0.1, 0.15) is 12.1 Å². The predicted molar refractivity (Wildman–Crippen MR) is 104 cm³/mol. The van der Waals surface area contributed by atoms with Crippen molar-refractivity contribution in [2.45, 2.75) is 44.1 Å². The molecule has 5 heterocycles. The van der Waals surface area contributed by atoms with Crippen LogP contribution in [-0.2, 0) is 0 Å². The molecule has 1 amide bonds. The number of piperidine rings is 2. The molecule has 0 saturated carbocycles. The maximum absolute atomic E-state index is 12.3. The van der Waals surface area contributed by atoms with Crippen LogP contribution in [-0.4, -0.2) is 39.9 Å². The first kappa shape index (κ1) is 16.6. The van der Waals surface area contributed by atoms with E-state index in [0.29, 0.717) is 23.3 Å². The van der Waals surface area contributed by atoms with Crippen molar-refractivity contribution in [3.63, 3.8) is 0 Å². The van der Waals surface area contributed by atoms with Gasteiger partial charge in [0, 0.05) is 12.2 Å². The maximum atomic E-state index is 12.3. The van der Waals surface area contributed by atoms with Crippen LogP contribution in [0.1, 0.15) is 53.9 Å². The number of nitrogens with one attached hydrogen (secondary N) is 2. The van der Waals surface area contributed by atoms with E-state index in [2.05, 4.69) is 21.4 Å². The molecule has 0 bridgehead atoms. The Labute approximate surface area is 158 Å². The second-order valence-corrected chi connectivity index (χ2v) is 7.71. The first-order valence-electron chi connectivity index (χ1n) is 9.83. The van der Waals surface area contributed by atoms with Gasteiger partial charge in [0.05, 0.1) is 22.9 Å². The second kappa shape index (κ2) is 6.85. The number of aromatic nitrogens is 2. The summed E-state index contributed by atoms with van der Waals surface area (Å²) in [5, 5.41) is 2.87. The zero-order valence-corrected chi connectivity index (χ0v) is 15.3. The highest BCUT2D eigenvalue weighted by atomic mass is 16.3. The molecule has 140 valence electrons. The smallest absolute Gasteiger partial charge is 0.260 e. The van der Waals surface area contributed by atoms with E-state index >= 15 is 0 Å².